The van der Waals surface area contributed by atoms with Crippen molar-refractivity contribution in [3.8, 4) is 0 Å². The molecular weight excluding hydrogens is 422 g/mol. The van der Waals surface area contributed by atoms with E-state index >= 15 is 0 Å². The number of hydrogen-bond acceptors (Lipinski definition) is 9. The van der Waals surface area contributed by atoms with Gasteiger partial charge in [0.1, 0.15) is 0 Å². The Morgan fingerprint density at radius 3 is 1.68 bits per heavy atom. The van der Waals surface area contributed by atoms with Crippen molar-refractivity contribution in [2.75, 3.05) is 13.2 Å². The van der Waals surface area contributed by atoms with Gasteiger partial charge in [-0.15, -0.1) is 0 Å². The summed E-state index contributed by atoms with van der Waals surface area (Å²) >= 11 is 2.80. The van der Waals surface area contributed by atoms with Crippen LogP contribution in [0.1, 0.15) is 37.1 Å². The van der Waals surface area contributed by atoms with Crippen molar-refractivity contribution in [1.82, 2.24) is 5.32 Å². The van der Waals surface area contributed by atoms with Gasteiger partial charge in [0.25, 0.3) is 0 Å². The zero-order chi connectivity index (χ0) is 20.3. The number of thiophene rings is 2. The number of carbonyl (C=O) groups is 2. The van der Waals surface area contributed by atoms with Gasteiger partial charge in [0, 0.05) is 0 Å². The first kappa shape index (κ1) is 21.0. The van der Waals surface area contributed by atoms with Crippen molar-refractivity contribution in [2.45, 2.75) is 36.4 Å². The van der Waals surface area contributed by atoms with Crippen LogP contribution in [0.15, 0.2) is 33.7 Å². The molecule has 0 aliphatic carbocycles. The predicted molar refractivity (Wildman–Crippen MR) is 107 cm³/mol. The van der Waals surface area contributed by atoms with Gasteiger partial charge in [-0.3, -0.25) is 14.9 Å². The SMILES string of the molecule is CCOC(=O)C1C(c2ccsc2)NC(c2ccsc2)C(C(=O)OCC)S1(=O)=O. The van der Waals surface area contributed by atoms with Crippen LogP contribution in [-0.4, -0.2) is 44.1 Å². The maximum atomic E-state index is 13.5. The highest BCUT2D eigenvalue weighted by molar-refractivity contribution is 7.94. The molecule has 1 aliphatic heterocycles. The number of rotatable bonds is 6. The lowest BCUT2D eigenvalue weighted by Gasteiger charge is -2.39. The molecule has 0 bridgehead atoms. The van der Waals surface area contributed by atoms with Crippen LogP contribution < -0.4 is 5.32 Å². The number of ether oxygens (including phenoxy) is 2. The first-order chi connectivity index (χ1) is 13.4. The van der Waals surface area contributed by atoms with Gasteiger partial charge >= 0.3 is 11.9 Å². The third-order valence-corrected chi connectivity index (χ3v) is 8.26. The van der Waals surface area contributed by atoms with E-state index in [0.717, 1.165) is 0 Å². The highest BCUT2D eigenvalue weighted by Crippen LogP contribution is 2.40. The monoisotopic (exact) mass is 443 g/mol. The Kier molecular flexibility index (Phi) is 6.54. The van der Waals surface area contributed by atoms with E-state index < -0.39 is 44.4 Å². The molecule has 2 aromatic heterocycles. The lowest BCUT2D eigenvalue weighted by atomic mass is 10.00. The zero-order valence-electron chi connectivity index (χ0n) is 15.4. The van der Waals surface area contributed by atoms with Crippen LogP contribution in [0, 0.1) is 0 Å². The van der Waals surface area contributed by atoms with Crippen molar-refractivity contribution < 1.29 is 27.5 Å². The molecule has 0 spiro atoms. The average molecular weight is 444 g/mol. The molecule has 0 radical (unpaired) electrons. The Bertz CT molecular complexity index is 839. The van der Waals surface area contributed by atoms with Gasteiger partial charge in [0.05, 0.1) is 25.3 Å². The van der Waals surface area contributed by atoms with E-state index in [4.69, 9.17) is 9.47 Å². The maximum absolute atomic E-state index is 13.5. The molecule has 0 amide bonds. The van der Waals surface area contributed by atoms with Crippen molar-refractivity contribution in [2.24, 2.45) is 0 Å². The fourth-order valence-corrected chi connectivity index (χ4v) is 6.95. The Labute approximate surface area is 171 Å². The van der Waals surface area contributed by atoms with E-state index in [2.05, 4.69) is 5.32 Å². The number of nitrogens with one attached hydrogen (secondary N) is 1. The maximum Gasteiger partial charge on any atom is 0.326 e. The van der Waals surface area contributed by atoms with E-state index in [0.29, 0.717) is 11.1 Å². The van der Waals surface area contributed by atoms with Gasteiger partial charge in [0.2, 0.25) is 0 Å². The third-order valence-electron chi connectivity index (χ3n) is 4.51. The molecule has 1 aliphatic rings. The van der Waals surface area contributed by atoms with Gasteiger partial charge < -0.3 is 9.47 Å². The van der Waals surface area contributed by atoms with E-state index in [1.54, 1.807) is 36.7 Å². The summed E-state index contributed by atoms with van der Waals surface area (Å²) < 4.78 is 37.2. The Balaban J connectivity index is 2.13. The van der Waals surface area contributed by atoms with Crippen LogP contribution in [0.2, 0.25) is 0 Å². The minimum absolute atomic E-state index is 0.0409. The largest absolute Gasteiger partial charge is 0.465 e. The van der Waals surface area contributed by atoms with E-state index in [1.807, 2.05) is 10.8 Å². The predicted octanol–water partition coefficient (Wildman–Crippen LogP) is 2.47. The second-order valence-electron chi connectivity index (χ2n) is 6.17. The number of carbonyl (C=O) groups excluding carboxylic acids is 2. The van der Waals surface area contributed by atoms with Gasteiger partial charge in [-0.1, -0.05) is 0 Å². The lowest BCUT2D eigenvalue weighted by Crippen LogP contribution is -2.59. The smallest absolute Gasteiger partial charge is 0.326 e. The first-order valence-electron chi connectivity index (χ1n) is 8.78. The summed E-state index contributed by atoms with van der Waals surface area (Å²) in [5, 5.41) is 7.34. The summed E-state index contributed by atoms with van der Waals surface area (Å²) in [6, 6.07) is 1.87. The molecule has 28 heavy (non-hydrogen) atoms. The quantitative estimate of drug-likeness (QED) is 0.685. The third kappa shape index (κ3) is 3.86. The zero-order valence-corrected chi connectivity index (χ0v) is 17.8. The molecule has 7 nitrogen and oxygen atoms in total. The highest BCUT2D eigenvalue weighted by atomic mass is 32.2. The summed E-state index contributed by atoms with van der Waals surface area (Å²) in [5.74, 6) is -1.74. The van der Waals surface area contributed by atoms with Crippen molar-refractivity contribution in [3.63, 3.8) is 0 Å². The fraction of sp³-hybridized carbons (Fsp3) is 0.444. The number of esters is 2. The Morgan fingerprint density at radius 2 is 1.36 bits per heavy atom. The standard InChI is InChI=1S/C18H21NO6S3/c1-3-24-17(20)15-13(11-5-7-26-9-11)19-14(12-6-8-27-10-12)16(28(15,22)23)18(21)25-4-2/h5-10,13-16,19H,3-4H2,1-2H3. The second kappa shape index (κ2) is 8.73. The van der Waals surface area contributed by atoms with E-state index in [1.165, 1.54) is 22.7 Å². The molecule has 1 fully saturated rings. The molecule has 3 heterocycles. The molecule has 1 saturated heterocycles. The number of hydrogen-bond donors (Lipinski definition) is 1. The van der Waals surface area contributed by atoms with Crippen molar-refractivity contribution in [1.29, 1.82) is 0 Å². The van der Waals surface area contributed by atoms with Crippen molar-refractivity contribution >= 4 is 44.4 Å². The van der Waals surface area contributed by atoms with Crippen LogP contribution in [-0.2, 0) is 28.9 Å². The fourth-order valence-electron chi connectivity index (χ4n) is 3.34. The number of sulfone groups is 1. The lowest BCUT2D eigenvalue weighted by molar-refractivity contribution is -0.144. The molecule has 0 saturated carbocycles. The summed E-state index contributed by atoms with van der Waals surface area (Å²) in [5.41, 5.74) is 1.32. The summed E-state index contributed by atoms with van der Waals surface area (Å²) in [6.45, 7) is 3.30. The summed E-state index contributed by atoms with van der Waals surface area (Å²) in [4.78, 5) is 25.3. The summed E-state index contributed by atoms with van der Waals surface area (Å²) in [7, 11) is -4.26. The molecule has 152 valence electrons. The van der Waals surface area contributed by atoms with Crippen LogP contribution in [0.4, 0.5) is 0 Å². The molecule has 10 heteroatoms. The first-order valence-corrected chi connectivity index (χ1v) is 12.3. The second-order valence-corrected chi connectivity index (χ2v) is 9.92. The van der Waals surface area contributed by atoms with Gasteiger partial charge in [0.15, 0.2) is 20.3 Å². The van der Waals surface area contributed by atoms with Crippen LogP contribution in [0.3, 0.4) is 0 Å². The molecule has 0 aromatic carbocycles. The van der Waals surface area contributed by atoms with Crippen LogP contribution in [0.25, 0.3) is 0 Å². The highest BCUT2D eigenvalue weighted by Gasteiger charge is 2.57. The average Bonchev–Trinajstić information content (AvgIpc) is 3.34. The Morgan fingerprint density at radius 1 is 0.929 bits per heavy atom. The Hall–Kier alpha value is -1.75. The molecule has 4 unspecified atom stereocenters. The van der Waals surface area contributed by atoms with Crippen LogP contribution >= 0.6 is 22.7 Å². The topological polar surface area (TPSA) is 98.8 Å². The van der Waals surface area contributed by atoms with E-state index in [9.17, 15) is 18.0 Å². The molecule has 4 atom stereocenters. The molecular formula is C18H21NO6S3. The molecule has 3 rings (SSSR count). The van der Waals surface area contributed by atoms with E-state index in [-0.39, 0.29) is 13.2 Å². The minimum atomic E-state index is -4.26. The minimum Gasteiger partial charge on any atom is -0.465 e. The normalized spacial score (nSPS) is 26.5. The van der Waals surface area contributed by atoms with Gasteiger partial charge in [-0.25, -0.2) is 8.42 Å². The van der Waals surface area contributed by atoms with Gasteiger partial charge in [-0.05, 0) is 58.6 Å². The molecule has 2 aromatic rings. The van der Waals surface area contributed by atoms with Crippen molar-refractivity contribution in [3.05, 3.63) is 44.8 Å². The summed E-state index contributed by atoms with van der Waals surface area (Å²) in [6.07, 6.45) is 0. The molecule has 1 N–H and O–H groups in total. The van der Waals surface area contributed by atoms with Crippen LogP contribution in [0.5, 0.6) is 0 Å². The van der Waals surface area contributed by atoms with Gasteiger partial charge in [-0.2, -0.15) is 22.7 Å².